The molecule has 2 rings (SSSR count). The zero-order valence-corrected chi connectivity index (χ0v) is 12.0. The Balaban J connectivity index is 1.68. The topological polar surface area (TPSA) is 72.2 Å². The molecule has 1 aromatic rings. The Kier molecular flexibility index (Phi) is 4.76. The monoisotopic (exact) mass is 268 g/mol. The lowest BCUT2D eigenvalue weighted by Gasteiger charge is -2.18. The van der Waals surface area contributed by atoms with Crippen molar-refractivity contribution in [2.24, 2.45) is 0 Å². The van der Waals surface area contributed by atoms with Gasteiger partial charge in [0.1, 0.15) is 0 Å². The highest BCUT2D eigenvalue weighted by Crippen LogP contribution is 2.15. The van der Waals surface area contributed by atoms with E-state index in [2.05, 4.69) is 41.6 Å². The van der Waals surface area contributed by atoms with Crippen molar-refractivity contribution < 1.29 is 9.15 Å². The number of hydrogen-bond donors (Lipinski definition) is 2. The Morgan fingerprint density at radius 3 is 2.84 bits per heavy atom. The fraction of sp³-hybridized carbons (Fsp3) is 0.846. The smallest absolute Gasteiger partial charge is 0.315 e. The van der Waals surface area contributed by atoms with Gasteiger partial charge in [-0.25, -0.2) is 0 Å². The van der Waals surface area contributed by atoms with E-state index in [-0.39, 0.29) is 5.54 Å². The number of rotatable bonds is 6. The van der Waals surface area contributed by atoms with E-state index in [0.717, 1.165) is 26.0 Å². The summed E-state index contributed by atoms with van der Waals surface area (Å²) in [6, 6.07) is 0.490. The van der Waals surface area contributed by atoms with E-state index < -0.39 is 0 Å². The van der Waals surface area contributed by atoms with Crippen LogP contribution in [0.2, 0.25) is 0 Å². The molecule has 0 aromatic carbocycles. The van der Waals surface area contributed by atoms with E-state index in [4.69, 9.17) is 9.15 Å². The molecule has 0 amide bonds. The van der Waals surface area contributed by atoms with Gasteiger partial charge in [0.25, 0.3) is 0 Å². The van der Waals surface area contributed by atoms with Crippen LogP contribution >= 0.6 is 0 Å². The maximum absolute atomic E-state index is 5.56. The van der Waals surface area contributed by atoms with Gasteiger partial charge in [-0.1, -0.05) is 5.10 Å². The number of aromatic nitrogens is 2. The molecular weight excluding hydrogens is 244 g/mol. The lowest BCUT2D eigenvalue weighted by Crippen LogP contribution is -2.35. The minimum absolute atomic E-state index is 0.0435. The summed E-state index contributed by atoms with van der Waals surface area (Å²) in [4.78, 5) is 0. The maximum Gasteiger partial charge on any atom is 0.315 e. The summed E-state index contributed by atoms with van der Waals surface area (Å²) in [6.45, 7) is 8.59. The van der Waals surface area contributed by atoms with Crippen molar-refractivity contribution in [1.82, 2.24) is 15.5 Å². The van der Waals surface area contributed by atoms with Crippen LogP contribution in [-0.4, -0.2) is 35.0 Å². The molecule has 1 fully saturated rings. The van der Waals surface area contributed by atoms with E-state index in [1.165, 1.54) is 6.42 Å². The molecule has 0 spiro atoms. The largest absolute Gasteiger partial charge is 0.407 e. The third-order valence-electron chi connectivity index (χ3n) is 3.00. The van der Waals surface area contributed by atoms with Crippen LogP contribution in [-0.2, 0) is 11.3 Å². The molecular formula is C13H24N4O2. The summed E-state index contributed by atoms with van der Waals surface area (Å²) >= 11 is 0. The molecule has 0 bridgehead atoms. The SMILES string of the molecule is CC(C)(C)NCc1nnc(NCCC2CCCO2)o1. The summed E-state index contributed by atoms with van der Waals surface area (Å²) in [7, 11) is 0. The van der Waals surface area contributed by atoms with Crippen molar-refractivity contribution in [1.29, 1.82) is 0 Å². The lowest BCUT2D eigenvalue weighted by molar-refractivity contribution is 0.107. The zero-order valence-electron chi connectivity index (χ0n) is 12.0. The Morgan fingerprint density at radius 2 is 2.16 bits per heavy atom. The molecule has 0 aliphatic carbocycles. The highest BCUT2D eigenvalue weighted by Gasteiger charge is 2.15. The van der Waals surface area contributed by atoms with E-state index in [1.807, 2.05) is 0 Å². The zero-order chi connectivity index (χ0) is 13.7. The standard InChI is InChI=1S/C13H24N4O2/c1-13(2,3)15-9-11-16-17-12(19-11)14-7-6-10-5-4-8-18-10/h10,15H,4-9H2,1-3H3,(H,14,17). The third kappa shape index (κ3) is 5.16. The average molecular weight is 268 g/mol. The molecule has 1 aromatic heterocycles. The lowest BCUT2D eigenvalue weighted by atomic mass is 10.1. The Morgan fingerprint density at radius 1 is 1.32 bits per heavy atom. The van der Waals surface area contributed by atoms with E-state index >= 15 is 0 Å². The molecule has 1 aliphatic rings. The van der Waals surface area contributed by atoms with Gasteiger partial charge in [-0.3, -0.25) is 0 Å². The van der Waals surface area contributed by atoms with Crippen LogP contribution in [0.3, 0.4) is 0 Å². The molecule has 1 aliphatic heterocycles. The molecule has 2 heterocycles. The normalized spacial score (nSPS) is 19.8. The summed E-state index contributed by atoms with van der Waals surface area (Å²) in [6.07, 6.45) is 3.70. The number of ether oxygens (including phenoxy) is 1. The number of anilines is 1. The predicted molar refractivity (Wildman–Crippen MR) is 73.0 cm³/mol. The quantitative estimate of drug-likeness (QED) is 0.821. The molecule has 6 nitrogen and oxygen atoms in total. The van der Waals surface area contributed by atoms with Crippen molar-refractivity contribution in [2.75, 3.05) is 18.5 Å². The van der Waals surface area contributed by atoms with Gasteiger partial charge in [0, 0.05) is 18.7 Å². The van der Waals surface area contributed by atoms with Gasteiger partial charge in [-0.2, -0.15) is 0 Å². The van der Waals surface area contributed by atoms with Crippen LogP contribution in [0.25, 0.3) is 0 Å². The van der Waals surface area contributed by atoms with Crippen LogP contribution in [0.4, 0.5) is 6.01 Å². The van der Waals surface area contributed by atoms with Gasteiger partial charge < -0.3 is 19.8 Å². The number of nitrogens with one attached hydrogen (secondary N) is 2. The fourth-order valence-corrected chi connectivity index (χ4v) is 1.95. The molecule has 0 radical (unpaired) electrons. The predicted octanol–water partition coefficient (Wildman–Crippen LogP) is 1.94. The van der Waals surface area contributed by atoms with Gasteiger partial charge >= 0.3 is 6.01 Å². The van der Waals surface area contributed by atoms with Crippen molar-refractivity contribution in [2.45, 2.75) is 58.2 Å². The number of nitrogens with zero attached hydrogens (tertiary/aromatic N) is 2. The van der Waals surface area contributed by atoms with Crippen LogP contribution in [0, 0.1) is 0 Å². The fourth-order valence-electron chi connectivity index (χ4n) is 1.95. The Bertz CT molecular complexity index is 380. The van der Waals surface area contributed by atoms with Crippen LogP contribution in [0.15, 0.2) is 4.42 Å². The molecule has 1 unspecified atom stereocenters. The first-order chi connectivity index (χ1) is 9.03. The maximum atomic E-state index is 5.56. The molecule has 1 saturated heterocycles. The summed E-state index contributed by atoms with van der Waals surface area (Å²) in [5.41, 5.74) is 0.0435. The van der Waals surface area contributed by atoms with Gasteiger partial charge in [0.15, 0.2) is 0 Å². The molecule has 2 N–H and O–H groups in total. The first-order valence-electron chi connectivity index (χ1n) is 6.96. The summed E-state index contributed by atoms with van der Waals surface area (Å²) in [5, 5.41) is 14.4. The van der Waals surface area contributed by atoms with Gasteiger partial charge in [0.05, 0.1) is 12.6 Å². The van der Waals surface area contributed by atoms with Crippen LogP contribution in [0.5, 0.6) is 0 Å². The summed E-state index contributed by atoms with van der Waals surface area (Å²) in [5.74, 6) is 0.606. The summed E-state index contributed by atoms with van der Waals surface area (Å²) < 4.78 is 11.1. The average Bonchev–Trinajstić information content (AvgIpc) is 2.97. The molecule has 0 saturated carbocycles. The molecule has 108 valence electrons. The van der Waals surface area contributed by atoms with Crippen LogP contribution in [0.1, 0.15) is 45.9 Å². The van der Waals surface area contributed by atoms with Gasteiger partial charge in [-0.15, -0.1) is 5.10 Å². The second kappa shape index (κ2) is 6.34. The van der Waals surface area contributed by atoms with E-state index in [0.29, 0.717) is 24.6 Å². The Hall–Kier alpha value is -1.14. The highest BCUT2D eigenvalue weighted by atomic mass is 16.5. The minimum atomic E-state index is 0.0435. The van der Waals surface area contributed by atoms with Gasteiger partial charge in [0.2, 0.25) is 5.89 Å². The third-order valence-corrected chi connectivity index (χ3v) is 3.00. The highest BCUT2D eigenvalue weighted by molar-refractivity contribution is 5.16. The van der Waals surface area contributed by atoms with Gasteiger partial charge in [-0.05, 0) is 40.0 Å². The second-order valence-electron chi connectivity index (χ2n) is 5.95. The Labute approximate surface area is 114 Å². The van der Waals surface area contributed by atoms with E-state index in [1.54, 1.807) is 0 Å². The van der Waals surface area contributed by atoms with Crippen molar-refractivity contribution in [3.63, 3.8) is 0 Å². The van der Waals surface area contributed by atoms with Crippen LogP contribution < -0.4 is 10.6 Å². The first kappa shape index (κ1) is 14.3. The van der Waals surface area contributed by atoms with Crippen molar-refractivity contribution >= 4 is 6.01 Å². The molecule has 1 atom stereocenters. The van der Waals surface area contributed by atoms with E-state index in [9.17, 15) is 0 Å². The van der Waals surface area contributed by atoms with Crippen molar-refractivity contribution in [3.8, 4) is 0 Å². The molecule has 19 heavy (non-hydrogen) atoms. The number of hydrogen-bond acceptors (Lipinski definition) is 6. The molecule has 6 heteroatoms. The first-order valence-corrected chi connectivity index (χ1v) is 6.96. The minimum Gasteiger partial charge on any atom is -0.407 e. The van der Waals surface area contributed by atoms with Crippen molar-refractivity contribution in [3.05, 3.63) is 5.89 Å². The second-order valence-corrected chi connectivity index (χ2v) is 5.95.